The number of aryl methyl sites for hydroxylation is 1. The Bertz CT molecular complexity index is 487. The molecule has 0 fully saturated rings. The van der Waals surface area contributed by atoms with Crippen LogP contribution in [-0.2, 0) is 0 Å². The molecule has 0 aliphatic carbocycles. The van der Waals surface area contributed by atoms with Crippen molar-refractivity contribution < 1.29 is 8.78 Å². The van der Waals surface area contributed by atoms with Crippen molar-refractivity contribution in [2.75, 3.05) is 0 Å². The largest absolute Gasteiger partial charge is 0.320 e. The summed E-state index contributed by atoms with van der Waals surface area (Å²) in [5.74, 6) is -1.20. The van der Waals surface area contributed by atoms with Crippen LogP contribution in [0.4, 0.5) is 8.78 Å². The van der Waals surface area contributed by atoms with Crippen molar-refractivity contribution in [3.05, 3.63) is 57.3 Å². The van der Waals surface area contributed by atoms with Gasteiger partial charge in [-0.25, -0.2) is 8.78 Å². The Morgan fingerprint density at radius 2 is 1.69 bits per heavy atom. The van der Waals surface area contributed by atoms with Gasteiger partial charge >= 0.3 is 0 Å². The Morgan fingerprint density at radius 3 is 2.19 bits per heavy atom. The summed E-state index contributed by atoms with van der Waals surface area (Å²) in [6.45, 7) is 1.97. The number of hydrogen-bond donors (Lipinski definition) is 1. The van der Waals surface area contributed by atoms with Crippen LogP contribution in [0, 0.1) is 18.6 Å². The maximum absolute atomic E-state index is 13.0. The first-order valence-corrected chi connectivity index (χ1v) is 5.71. The highest BCUT2D eigenvalue weighted by Gasteiger charge is 2.12. The number of thiophene rings is 1. The predicted molar refractivity (Wildman–Crippen MR) is 61.4 cm³/mol. The van der Waals surface area contributed by atoms with Gasteiger partial charge in [0.1, 0.15) is 11.6 Å². The van der Waals surface area contributed by atoms with E-state index < -0.39 is 17.7 Å². The molecule has 4 heteroatoms. The van der Waals surface area contributed by atoms with Gasteiger partial charge in [0.15, 0.2) is 0 Å². The highest BCUT2D eigenvalue weighted by Crippen LogP contribution is 2.25. The third kappa shape index (κ3) is 2.28. The van der Waals surface area contributed by atoms with Gasteiger partial charge in [0.05, 0.1) is 6.04 Å². The third-order valence-corrected chi connectivity index (χ3v) is 3.23. The smallest absolute Gasteiger partial charge is 0.126 e. The number of nitrogens with two attached hydrogens (primary N) is 1. The summed E-state index contributed by atoms with van der Waals surface area (Å²) in [5.41, 5.74) is 7.28. The van der Waals surface area contributed by atoms with Crippen molar-refractivity contribution in [3.63, 3.8) is 0 Å². The van der Waals surface area contributed by atoms with E-state index in [1.807, 2.05) is 18.4 Å². The van der Waals surface area contributed by atoms with Gasteiger partial charge in [-0.05, 0) is 41.6 Å². The second kappa shape index (κ2) is 4.31. The number of halogens is 2. The molecule has 0 spiro atoms. The van der Waals surface area contributed by atoms with Gasteiger partial charge in [0.2, 0.25) is 0 Å². The van der Waals surface area contributed by atoms with E-state index >= 15 is 0 Å². The predicted octanol–water partition coefficient (Wildman–Crippen LogP) is 3.38. The fourth-order valence-electron chi connectivity index (χ4n) is 1.57. The van der Waals surface area contributed by atoms with Gasteiger partial charge < -0.3 is 5.73 Å². The first-order chi connectivity index (χ1) is 7.56. The van der Waals surface area contributed by atoms with E-state index in [1.54, 1.807) is 11.3 Å². The highest BCUT2D eigenvalue weighted by molar-refractivity contribution is 7.10. The average Bonchev–Trinajstić information content (AvgIpc) is 2.62. The molecular weight excluding hydrogens is 228 g/mol. The molecular formula is C12H11F2NS. The molecule has 1 aromatic heterocycles. The molecule has 0 saturated heterocycles. The standard InChI is InChI=1S/C12H11F2NS/c1-7-2-9(6-16-7)12(15)8-3-10(13)5-11(14)4-8/h2-6,12H,15H2,1H3. The van der Waals surface area contributed by atoms with Crippen molar-refractivity contribution >= 4 is 11.3 Å². The highest BCUT2D eigenvalue weighted by atomic mass is 32.1. The summed E-state index contributed by atoms with van der Waals surface area (Å²) in [7, 11) is 0. The first-order valence-electron chi connectivity index (χ1n) is 4.83. The minimum atomic E-state index is -0.600. The molecule has 84 valence electrons. The lowest BCUT2D eigenvalue weighted by Gasteiger charge is -2.10. The Balaban J connectivity index is 2.37. The summed E-state index contributed by atoms with van der Waals surface area (Å²) in [6.07, 6.45) is 0. The lowest BCUT2D eigenvalue weighted by Crippen LogP contribution is -2.11. The number of benzene rings is 1. The molecule has 2 N–H and O–H groups in total. The zero-order valence-corrected chi connectivity index (χ0v) is 9.52. The van der Waals surface area contributed by atoms with Crippen molar-refractivity contribution in [1.29, 1.82) is 0 Å². The van der Waals surface area contributed by atoms with Crippen molar-refractivity contribution in [1.82, 2.24) is 0 Å². The molecule has 0 saturated carbocycles. The van der Waals surface area contributed by atoms with Crippen LogP contribution in [0.25, 0.3) is 0 Å². The van der Waals surface area contributed by atoms with Crippen LogP contribution in [0.1, 0.15) is 22.0 Å². The molecule has 0 radical (unpaired) electrons. The normalized spacial score (nSPS) is 12.8. The van der Waals surface area contributed by atoms with Gasteiger partial charge in [-0.2, -0.15) is 0 Å². The van der Waals surface area contributed by atoms with Crippen molar-refractivity contribution in [2.24, 2.45) is 5.73 Å². The first kappa shape index (κ1) is 11.2. The lowest BCUT2D eigenvalue weighted by molar-refractivity contribution is 0.577. The lowest BCUT2D eigenvalue weighted by atomic mass is 10.0. The zero-order chi connectivity index (χ0) is 11.7. The molecule has 16 heavy (non-hydrogen) atoms. The van der Waals surface area contributed by atoms with E-state index in [9.17, 15) is 8.78 Å². The van der Waals surface area contributed by atoms with E-state index in [0.29, 0.717) is 5.56 Å². The Morgan fingerprint density at radius 1 is 1.06 bits per heavy atom. The molecule has 1 unspecified atom stereocenters. The molecule has 2 rings (SSSR count). The molecule has 1 aromatic carbocycles. The van der Waals surface area contributed by atoms with Crippen LogP contribution >= 0.6 is 11.3 Å². The summed E-state index contributed by atoms with van der Waals surface area (Å²) in [5, 5.41) is 1.91. The Kier molecular flexibility index (Phi) is 3.03. The molecule has 1 atom stereocenters. The van der Waals surface area contributed by atoms with E-state index in [-0.39, 0.29) is 0 Å². The van der Waals surface area contributed by atoms with Crippen LogP contribution in [0.5, 0.6) is 0 Å². The van der Waals surface area contributed by atoms with Gasteiger partial charge in [0.25, 0.3) is 0 Å². The fraction of sp³-hybridized carbons (Fsp3) is 0.167. The minimum Gasteiger partial charge on any atom is -0.320 e. The van der Waals surface area contributed by atoms with Crippen LogP contribution in [0.2, 0.25) is 0 Å². The van der Waals surface area contributed by atoms with Gasteiger partial charge in [-0.1, -0.05) is 0 Å². The van der Waals surface area contributed by atoms with Crippen LogP contribution < -0.4 is 5.73 Å². The maximum atomic E-state index is 13.0. The molecule has 0 aliphatic heterocycles. The second-order valence-electron chi connectivity index (χ2n) is 3.67. The van der Waals surface area contributed by atoms with Crippen molar-refractivity contribution in [3.8, 4) is 0 Å². The molecule has 0 amide bonds. The number of hydrogen-bond acceptors (Lipinski definition) is 2. The summed E-state index contributed by atoms with van der Waals surface area (Å²) >= 11 is 1.57. The number of rotatable bonds is 2. The summed E-state index contributed by atoms with van der Waals surface area (Å²) in [6, 6.07) is 4.82. The second-order valence-corrected chi connectivity index (χ2v) is 4.79. The molecule has 0 aliphatic rings. The topological polar surface area (TPSA) is 26.0 Å². The van der Waals surface area contributed by atoms with Crippen LogP contribution in [-0.4, -0.2) is 0 Å². The monoisotopic (exact) mass is 239 g/mol. The van der Waals surface area contributed by atoms with E-state index in [2.05, 4.69) is 0 Å². The molecule has 2 aromatic rings. The molecule has 1 heterocycles. The quantitative estimate of drug-likeness (QED) is 0.854. The zero-order valence-electron chi connectivity index (χ0n) is 8.71. The van der Waals surface area contributed by atoms with E-state index in [1.165, 1.54) is 12.1 Å². The van der Waals surface area contributed by atoms with E-state index in [4.69, 9.17) is 5.73 Å². The fourth-order valence-corrected chi connectivity index (χ4v) is 2.31. The molecule has 0 bridgehead atoms. The summed E-state index contributed by atoms with van der Waals surface area (Å²) in [4.78, 5) is 1.13. The average molecular weight is 239 g/mol. The Labute approximate surface area is 96.5 Å². The molecule has 1 nitrogen and oxygen atoms in total. The van der Waals surface area contributed by atoms with Crippen molar-refractivity contribution in [2.45, 2.75) is 13.0 Å². The Hall–Kier alpha value is -1.26. The van der Waals surface area contributed by atoms with Gasteiger partial charge in [0, 0.05) is 10.9 Å². The minimum absolute atomic E-state index is 0.454. The van der Waals surface area contributed by atoms with Crippen LogP contribution in [0.15, 0.2) is 29.6 Å². The van der Waals surface area contributed by atoms with Gasteiger partial charge in [-0.3, -0.25) is 0 Å². The van der Waals surface area contributed by atoms with Crippen LogP contribution in [0.3, 0.4) is 0 Å². The third-order valence-electron chi connectivity index (χ3n) is 2.35. The maximum Gasteiger partial charge on any atom is 0.126 e. The SMILES string of the molecule is Cc1cc(C(N)c2cc(F)cc(F)c2)cs1. The summed E-state index contributed by atoms with van der Waals surface area (Å²) < 4.78 is 26.0. The van der Waals surface area contributed by atoms with E-state index in [0.717, 1.165) is 16.5 Å². The van der Waals surface area contributed by atoms with Gasteiger partial charge in [-0.15, -0.1) is 11.3 Å².